The number of nitrogens with zero attached hydrogens (tertiary/aromatic N) is 2. The molecule has 26 heavy (non-hydrogen) atoms. The summed E-state index contributed by atoms with van der Waals surface area (Å²) in [6, 6.07) is 13.6. The molecule has 2 aromatic rings. The summed E-state index contributed by atoms with van der Waals surface area (Å²) in [5.41, 5.74) is 5.14. The van der Waals surface area contributed by atoms with Crippen LogP contribution in [0.15, 0.2) is 42.5 Å². The Morgan fingerprint density at radius 1 is 1.15 bits per heavy atom. The highest BCUT2D eigenvalue weighted by Crippen LogP contribution is 2.33. The van der Waals surface area contributed by atoms with Crippen LogP contribution in [-0.2, 0) is 16.0 Å². The number of nitrogens with one attached hydrogen (secondary N) is 1. The maximum atomic E-state index is 13.3. The molecule has 0 saturated carbocycles. The molecule has 2 heterocycles. The van der Waals surface area contributed by atoms with Crippen LogP contribution in [0.5, 0.6) is 0 Å². The molecule has 2 aliphatic heterocycles. The van der Waals surface area contributed by atoms with Gasteiger partial charge in [-0.3, -0.25) is 14.5 Å². The molecule has 0 aliphatic carbocycles. The van der Waals surface area contributed by atoms with Crippen LogP contribution in [0.2, 0.25) is 0 Å². The molecular weight excluding hydrogens is 326 g/mol. The summed E-state index contributed by atoms with van der Waals surface area (Å²) < 4.78 is 0. The minimum Gasteiger partial charge on any atom is -0.360 e. The predicted molar refractivity (Wildman–Crippen MR) is 104 cm³/mol. The second kappa shape index (κ2) is 6.48. The van der Waals surface area contributed by atoms with Gasteiger partial charge in [0, 0.05) is 12.2 Å². The molecule has 1 N–H and O–H groups in total. The van der Waals surface area contributed by atoms with Crippen LogP contribution in [0.4, 0.5) is 17.1 Å². The molecule has 0 unspecified atom stereocenters. The molecule has 2 aromatic carbocycles. The number of rotatable bonds is 2. The summed E-state index contributed by atoms with van der Waals surface area (Å²) >= 11 is 0. The van der Waals surface area contributed by atoms with Gasteiger partial charge in [0.05, 0.1) is 11.4 Å². The zero-order valence-corrected chi connectivity index (χ0v) is 15.2. The average Bonchev–Trinajstić information content (AvgIpc) is 2.65. The number of hydrogen-bond donors (Lipinski definition) is 1. The van der Waals surface area contributed by atoms with Gasteiger partial charge in [0.15, 0.2) is 0 Å². The Kier molecular flexibility index (Phi) is 4.15. The Morgan fingerprint density at radius 2 is 1.96 bits per heavy atom. The standard InChI is InChI=1S/C21H23N3O2/c1-14-9-10-18-16(12-14)6-5-11-23(18)15(2)21(26)24-13-20(25)22-17-7-3-4-8-19(17)24/h3-4,7-10,12,15H,5-6,11,13H2,1-2H3,(H,22,25)/t15-/m0/s1. The monoisotopic (exact) mass is 349 g/mol. The maximum absolute atomic E-state index is 13.3. The molecule has 0 saturated heterocycles. The highest BCUT2D eigenvalue weighted by molar-refractivity contribution is 6.11. The second-order valence-corrected chi connectivity index (χ2v) is 7.09. The smallest absolute Gasteiger partial charge is 0.249 e. The van der Waals surface area contributed by atoms with Crippen molar-refractivity contribution < 1.29 is 9.59 Å². The number of hydrogen-bond acceptors (Lipinski definition) is 3. The fourth-order valence-corrected chi connectivity index (χ4v) is 3.95. The van der Waals surface area contributed by atoms with E-state index in [-0.39, 0.29) is 24.4 Å². The van der Waals surface area contributed by atoms with Crippen molar-refractivity contribution in [3.8, 4) is 0 Å². The zero-order chi connectivity index (χ0) is 18.3. The fourth-order valence-electron chi connectivity index (χ4n) is 3.95. The van der Waals surface area contributed by atoms with Crippen LogP contribution < -0.4 is 15.1 Å². The van der Waals surface area contributed by atoms with Crippen molar-refractivity contribution in [2.24, 2.45) is 0 Å². The van der Waals surface area contributed by atoms with Crippen LogP contribution in [0.25, 0.3) is 0 Å². The van der Waals surface area contributed by atoms with E-state index in [2.05, 4.69) is 35.3 Å². The zero-order valence-electron chi connectivity index (χ0n) is 15.2. The normalized spacial score (nSPS) is 17.2. The fraction of sp³-hybridized carbons (Fsp3) is 0.333. The molecule has 4 rings (SSSR count). The molecule has 2 aliphatic rings. The highest BCUT2D eigenvalue weighted by Gasteiger charge is 2.33. The van der Waals surface area contributed by atoms with Crippen molar-refractivity contribution in [2.45, 2.75) is 32.7 Å². The molecule has 0 spiro atoms. The number of anilines is 3. The molecule has 1 atom stereocenters. The number of fused-ring (bicyclic) bond motifs is 2. The first-order valence-corrected chi connectivity index (χ1v) is 9.11. The lowest BCUT2D eigenvalue weighted by atomic mass is 9.98. The largest absolute Gasteiger partial charge is 0.360 e. The molecule has 0 fully saturated rings. The van der Waals surface area contributed by atoms with Crippen LogP contribution in [0, 0.1) is 6.92 Å². The molecular formula is C21H23N3O2. The predicted octanol–water partition coefficient (Wildman–Crippen LogP) is 3.12. The van der Waals surface area contributed by atoms with Crippen molar-refractivity contribution in [3.05, 3.63) is 53.6 Å². The lowest BCUT2D eigenvalue weighted by Gasteiger charge is -2.39. The number of aryl methyl sites for hydroxylation is 2. The van der Waals surface area contributed by atoms with E-state index in [9.17, 15) is 9.59 Å². The number of para-hydroxylation sites is 2. The van der Waals surface area contributed by atoms with Crippen LogP contribution in [0.1, 0.15) is 24.5 Å². The van der Waals surface area contributed by atoms with Gasteiger partial charge in [0.1, 0.15) is 12.6 Å². The Hall–Kier alpha value is -2.82. The highest BCUT2D eigenvalue weighted by atomic mass is 16.2. The molecule has 134 valence electrons. The van der Waals surface area contributed by atoms with Crippen molar-refractivity contribution in [3.63, 3.8) is 0 Å². The number of carbonyl (C=O) groups is 2. The summed E-state index contributed by atoms with van der Waals surface area (Å²) in [6.07, 6.45) is 2.08. The van der Waals surface area contributed by atoms with E-state index in [1.165, 1.54) is 11.1 Å². The van der Waals surface area contributed by atoms with Crippen molar-refractivity contribution >= 4 is 28.9 Å². The molecule has 5 heteroatoms. The van der Waals surface area contributed by atoms with Crippen molar-refractivity contribution in [1.82, 2.24) is 0 Å². The first-order valence-electron chi connectivity index (χ1n) is 9.11. The van der Waals surface area contributed by atoms with Crippen LogP contribution in [-0.4, -0.2) is 30.9 Å². The Labute approximate surface area is 153 Å². The lowest BCUT2D eigenvalue weighted by molar-refractivity contribution is -0.122. The average molecular weight is 349 g/mol. The molecule has 2 amide bonds. The lowest BCUT2D eigenvalue weighted by Crippen LogP contribution is -2.52. The first-order chi connectivity index (χ1) is 12.5. The summed E-state index contributed by atoms with van der Waals surface area (Å²) in [5.74, 6) is -0.195. The topological polar surface area (TPSA) is 52.7 Å². The van der Waals surface area contributed by atoms with Gasteiger partial charge in [-0.25, -0.2) is 0 Å². The number of amides is 2. The third kappa shape index (κ3) is 2.83. The molecule has 0 aromatic heterocycles. The van der Waals surface area contributed by atoms with Gasteiger partial charge >= 0.3 is 0 Å². The van der Waals surface area contributed by atoms with Crippen molar-refractivity contribution in [1.29, 1.82) is 0 Å². The van der Waals surface area contributed by atoms with E-state index < -0.39 is 0 Å². The minimum atomic E-state index is -0.323. The van der Waals surface area contributed by atoms with Gasteiger partial charge < -0.3 is 10.2 Å². The Bertz CT molecular complexity index is 877. The summed E-state index contributed by atoms with van der Waals surface area (Å²) in [4.78, 5) is 29.1. The summed E-state index contributed by atoms with van der Waals surface area (Å²) in [7, 11) is 0. The SMILES string of the molecule is Cc1ccc2c(c1)CCCN2[C@@H](C)C(=O)N1CC(=O)Nc2ccccc21. The van der Waals surface area contributed by atoms with E-state index >= 15 is 0 Å². The second-order valence-electron chi connectivity index (χ2n) is 7.09. The van der Waals surface area contributed by atoms with E-state index in [1.807, 2.05) is 31.2 Å². The van der Waals surface area contributed by atoms with Gasteiger partial charge in [-0.05, 0) is 50.5 Å². The third-order valence-corrected chi connectivity index (χ3v) is 5.25. The van der Waals surface area contributed by atoms with Crippen LogP contribution in [0.3, 0.4) is 0 Å². The molecule has 0 bridgehead atoms. The van der Waals surface area contributed by atoms with Gasteiger partial charge in [-0.2, -0.15) is 0 Å². The Balaban J connectivity index is 1.65. The van der Waals surface area contributed by atoms with Crippen LogP contribution >= 0.6 is 0 Å². The summed E-state index contributed by atoms with van der Waals surface area (Å²) in [6.45, 7) is 4.95. The first kappa shape index (κ1) is 16.6. The van der Waals surface area contributed by atoms with Crippen molar-refractivity contribution in [2.75, 3.05) is 28.2 Å². The molecule has 0 radical (unpaired) electrons. The number of carbonyl (C=O) groups excluding carboxylic acids is 2. The number of benzene rings is 2. The molecule has 5 nitrogen and oxygen atoms in total. The van der Waals surface area contributed by atoms with E-state index in [1.54, 1.807) is 4.90 Å². The minimum absolute atomic E-state index is 0.0410. The van der Waals surface area contributed by atoms with E-state index in [0.717, 1.165) is 30.8 Å². The maximum Gasteiger partial charge on any atom is 0.249 e. The van der Waals surface area contributed by atoms with E-state index in [4.69, 9.17) is 0 Å². The third-order valence-electron chi connectivity index (χ3n) is 5.25. The van der Waals surface area contributed by atoms with Gasteiger partial charge in [-0.1, -0.05) is 29.8 Å². The van der Waals surface area contributed by atoms with E-state index in [0.29, 0.717) is 5.69 Å². The van der Waals surface area contributed by atoms with Gasteiger partial charge in [-0.15, -0.1) is 0 Å². The summed E-state index contributed by atoms with van der Waals surface area (Å²) in [5, 5.41) is 2.84. The Morgan fingerprint density at radius 3 is 2.81 bits per heavy atom. The van der Waals surface area contributed by atoms with Gasteiger partial charge in [0.25, 0.3) is 0 Å². The van der Waals surface area contributed by atoms with Gasteiger partial charge in [0.2, 0.25) is 11.8 Å². The quantitative estimate of drug-likeness (QED) is 0.906.